The van der Waals surface area contributed by atoms with Gasteiger partial charge in [0.25, 0.3) is 0 Å². The molecule has 5 rings (SSSR count). The Morgan fingerprint density at radius 1 is 1.32 bits per heavy atom. The lowest BCUT2D eigenvalue weighted by atomic mass is 9.94. The highest BCUT2D eigenvalue weighted by atomic mass is 35.5. The van der Waals surface area contributed by atoms with E-state index in [9.17, 15) is 11.0 Å². The predicted octanol–water partition coefficient (Wildman–Crippen LogP) is 6.11. The lowest BCUT2D eigenvalue weighted by Gasteiger charge is -2.25. The molecule has 1 fully saturated rings. The average molecular weight is 535 g/mol. The maximum absolute atomic E-state index is 13.8. The maximum Gasteiger partial charge on any atom is 0.123 e. The fourth-order valence-electron chi connectivity index (χ4n) is 4.33. The summed E-state index contributed by atoms with van der Waals surface area (Å²) in [4.78, 5) is 4.43. The standard InChI is InChI=1S/C28H29ClFN7O/c1-28(2,16-38-3)15-33-25-18(12-31)13-32-27-22(25)10-20(11-23(27)29)34-26(17-4-6-19(30)7-5-17)24-14-37(36-35-24)21-8-9-21/h4-7,10-11,13-14,21,26,34H,8-9,15-16H2,1-3H3,(H,32,33)/t26-/m0/s1/i26D. The first-order valence-corrected chi connectivity index (χ1v) is 12.7. The number of pyridine rings is 1. The van der Waals surface area contributed by atoms with Gasteiger partial charge in [0.15, 0.2) is 0 Å². The van der Waals surface area contributed by atoms with Gasteiger partial charge in [0.1, 0.15) is 17.6 Å². The van der Waals surface area contributed by atoms with Crippen molar-refractivity contribution < 1.29 is 10.5 Å². The van der Waals surface area contributed by atoms with Gasteiger partial charge in [0.2, 0.25) is 0 Å². The van der Waals surface area contributed by atoms with E-state index >= 15 is 0 Å². The number of methoxy groups -OCH3 is 1. The maximum atomic E-state index is 13.8. The zero-order valence-corrected chi connectivity index (χ0v) is 22.2. The molecule has 4 aromatic rings. The van der Waals surface area contributed by atoms with Gasteiger partial charge < -0.3 is 15.4 Å². The van der Waals surface area contributed by atoms with E-state index in [0.29, 0.717) is 57.3 Å². The van der Waals surface area contributed by atoms with E-state index in [1.165, 1.54) is 18.3 Å². The molecule has 8 nitrogen and oxygen atoms in total. The van der Waals surface area contributed by atoms with Crippen molar-refractivity contribution in [1.29, 1.82) is 5.26 Å². The SMILES string of the molecule is [2H][C@](Nc1cc(Cl)c2ncc(C#N)c(NCC(C)(C)COC)c2c1)(c1ccc(F)cc1)c1cn(C2CC2)nn1. The van der Waals surface area contributed by atoms with Gasteiger partial charge in [-0.1, -0.05) is 42.8 Å². The second-order valence-corrected chi connectivity index (χ2v) is 10.7. The van der Waals surface area contributed by atoms with Crippen molar-refractivity contribution >= 4 is 33.9 Å². The molecule has 1 atom stereocenters. The molecule has 0 amide bonds. The summed E-state index contributed by atoms with van der Waals surface area (Å²) >= 11 is 6.69. The summed E-state index contributed by atoms with van der Waals surface area (Å²) in [5, 5.41) is 26.0. The number of ether oxygens (including phenoxy) is 1. The number of hydrogen-bond acceptors (Lipinski definition) is 7. The van der Waals surface area contributed by atoms with Crippen LogP contribution in [0, 0.1) is 22.6 Å². The highest BCUT2D eigenvalue weighted by Gasteiger charge is 2.27. The molecule has 2 aromatic carbocycles. The third kappa shape index (κ3) is 5.57. The largest absolute Gasteiger partial charge is 0.384 e. The topological polar surface area (TPSA) is 101 Å². The van der Waals surface area contributed by atoms with Crippen molar-refractivity contribution in [3.05, 3.63) is 76.5 Å². The Bertz CT molecular complexity index is 1550. The third-order valence-corrected chi connectivity index (χ3v) is 6.70. The molecule has 38 heavy (non-hydrogen) atoms. The molecule has 196 valence electrons. The van der Waals surface area contributed by atoms with Crippen LogP contribution in [-0.2, 0) is 4.74 Å². The molecule has 0 bridgehead atoms. The molecule has 0 unspecified atom stereocenters. The van der Waals surface area contributed by atoms with Crippen LogP contribution in [-0.4, -0.2) is 40.2 Å². The minimum Gasteiger partial charge on any atom is -0.384 e. The third-order valence-electron chi connectivity index (χ3n) is 6.41. The quantitative estimate of drug-likeness (QED) is 0.253. The molecular formula is C28H29ClFN7O. The molecule has 0 radical (unpaired) electrons. The molecule has 1 aliphatic rings. The second-order valence-electron chi connectivity index (χ2n) is 10.3. The first-order chi connectivity index (χ1) is 18.6. The van der Waals surface area contributed by atoms with E-state index in [1.807, 2.05) is 0 Å². The summed E-state index contributed by atoms with van der Waals surface area (Å²) in [5.74, 6) is -0.404. The fraction of sp³-hybridized carbons (Fsp3) is 0.357. The summed E-state index contributed by atoms with van der Waals surface area (Å²) in [6.45, 7) is 5.18. The Morgan fingerprint density at radius 3 is 2.76 bits per heavy atom. The fourth-order valence-corrected chi connectivity index (χ4v) is 4.60. The number of nitrogens with one attached hydrogen (secondary N) is 2. The monoisotopic (exact) mass is 534 g/mol. The summed E-state index contributed by atoms with van der Waals surface area (Å²) in [5.41, 5.74) is 2.62. The van der Waals surface area contributed by atoms with E-state index in [4.69, 9.17) is 16.3 Å². The van der Waals surface area contributed by atoms with Crippen LogP contribution in [0.2, 0.25) is 5.02 Å². The number of benzene rings is 2. The smallest absolute Gasteiger partial charge is 0.123 e. The zero-order valence-electron chi connectivity index (χ0n) is 22.4. The summed E-state index contributed by atoms with van der Waals surface area (Å²) in [7, 11) is 1.65. The molecule has 2 heterocycles. The van der Waals surface area contributed by atoms with E-state index < -0.39 is 11.8 Å². The summed E-state index contributed by atoms with van der Waals surface area (Å²) in [6.07, 6.45) is 5.28. The van der Waals surface area contributed by atoms with Crippen LogP contribution in [0.25, 0.3) is 10.9 Å². The van der Waals surface area contributed by atoms with Crippen LogP contribution in [0.1, 0.15) is 56.9 Å². The van der Waals surface area contributed by atoms with Crippen LogP contribution in [0.5, 0.6) is 0 Å². The van der Waals surface area contributed by atoms with E-state index in [0.717, 1.165) is 12.8 Å². The van der Waals surface area contributed by atoms with Gasteiger partial charge in [0, 0.05) is 36.3 Å². The average Bonchev–Trinajstić information content (AvgIpc) is 3.63. The molecule has 10 heteroatoms. The number of hydrogen-bond donors (Lipinski definition) is 2. The van der Waals surface area contributed by atoms with Crippen molar-refractivity contribution in [2.75, 3.05) is 30.9 Å². The van der Waals surface area contributed by atoms with Crippen LogP contribution < -0.4 is 10.6 Å². The number of halogens is 2. The molecule has 0 aliphatic heterocycles. The highest BCUT2D eigenvalue weighted by molar-refractivity contribution is 6.35. The number of nitriles is 1. The van der Waals surface area contributed by atoms with Crippen LogP contribution >= 0.6 is 11.6 Å². The number of fused-ring (bicyclic) bond motifs is 1. The van der Waals surface area contributed by atoms with Gasteiger partial charge in [-0.05, 0) is 42.7 Å². The summed E-state index contributed by atoms with van der Waals surface area (Å²) in [6, 6.07) is 10.1. The van der Waals surface area contributed by atoms with E-state index in [-0.39, 0.29) is 11.5 Å². The number of rotatable bonds is 10. The van der Waals surface area contributed by atoms with Crippen molar-refractivity contribution in [3.8, 4) is 6.07 Å². The van der Waals surface area contributed by atoms with E-state index in [2.05, 4.69) is 45.8 Å². The molecular weight excluding hydrogens is 505 g/mol. The molecule has 0 saturated heterocycles. The van der Waals surface area contributed by atoms with Crippen molar-refractivity contribution in [2.24, 2.45) is 5.41 Å². The first kappa shape index (κ1) is 24.6. The predicted molar refractivity (Wildman–Crippen MR) is 146 cm³/mol. The molecule has 1 aliphatic carbocycles. The number of aromatic nitrogens is 4. The minimum absolute atomic E-state index is 0.205. The van der Waals surface area contributed by atoms with Crippen molar-refractivity contribution in [3.63, 3.8) is 0 Å². The minimum atomic E-state index is -1.60. The Kier molecular flexibility index (Phi) is 6.83. The van der Waals surface area contributed by atoms with E-state index in [1.54, 1.807) is 42.3 Å². The van der Waals surface area contributed by atoms with Gasteiger partial charge >= 0.3 is 0 Å². The second kappa shape index (κ2) is 10.6. The summed E-state index contributed by atoms with van der Waals surface area (Å²) < 4.78 is 30.4. The van der Waals surface area contributed by atoms with Gasteiger partial charge in [-0.3, -0.25) is 4.98 Å². The molecule has 2 aromatic heterocycles. The Labute approximate surface area is 227 Å². The number of anilines is 2. The number of nitrogens with zero attached hydrogens (tertiary/aromatic N) is 5. The Balaban J connectivity index is 1.59. The molecule has 1 saturated carbocycles. The molecule has 2 N–H and O–H groups in total. The van der Waals surface area contributed by atoms with Crippen molar-refractivity contribution in [1.82, 2.24) is 20.0 Å². The molecule has 0 spiro atoms. The zero-order chi connectivity index (χ0) is 27.8. The van der Waals surface area contributed by atoms with Crippen LogP contribution in [0.4, 0.5) is 15.8 Å². The van der Waals surface area contributed by atoms with Crippen LogP contribution in [0.15, 0.2) is 48.8 Å². The normalized spacial score (nSPS) is 15.5. The lowest BCUT2D eigenvalue weighted by Crippen LogP contribution is -2.28. The lowest BCUT2D eigenvalue weighted by molar-refractivity contribution is 0.112. The first-order valence-electron chi connectivity index (χ1n) is 12.9. The van der Waals surface area contributed by atoms with Gasteiger partial charge in [-0.25, -0.2) is 9.07 Å². The Hall–Kier alpha value is -3.74. The van der Waals surface area contributed by atoms with Gasteiger partial charge in [-0.15, -0.1) is 5.10 Å². The Morgan fingerprint density at radius 2 is 2.08 bits per heavy atom. The van der Waals surface area contributed by atoms with Gasteiger partial charge in [0.05, 0.1) is 48.0 Å². The van der Waals surface area contributed by atoms with Crippen molar-refractivity contribution in [2.45, 2.75) is 38.7 Å². The van der Waals surface area contributed by atoms with Crippen LogP contribution in [0.3, 0.4) is 0 Å². The van der Waals surface area contributed by atoms with Gasteiger partial charge in [-0.2, -0.15) is 5.26 Å². The highest BCUT2D eigenvalue weighted by Crippen LogP contribution is 2.37.